The number of carboxylic acid groups (broad SMARTS) is 1. The topological polar surface area (TPSA) is 46.5 Å². The summed E-state index contributed by atoms with van der Waals surface area (Å²) in [4.78, 5) is 11.3. The smallest absolute Gasteiger partial charge is 0.290 e. The molecule has 0 fully saturated rings. The van der Waals surface area contributed by atoms with Gasteiger partial charge in [-0.15, -0.1) is 11.3 Å². The number of hydrogen-bond donors (Lipinski definition) is 2. The lowest BCUT2D eigenvalue weighted by Gasteiger charge is -2.29. The Labute approximate surface area is 153 Å². The third-order valence-corrected chi connectivity index (χ3v) is 6.24. The van der Waals surface area contributed by atoms with E-state index < -0.39 is 0 Å². The third-order valence-electron chi connectivity index (χ3n) is 4.60. The predicted octanol–water partition coefficient (Wildman–Crippen LogP) is 5.47. The number of carbonyl (C=O) groups is 1. The van der Waals surface area contributed by atoms with Crippen LogP contribution in [0.15, 0.2) is 18.2 Å². The van der Waals surface area contributed by atoms with E-state index >= 15 is 0 Å². The Hall–Kier alpha value is -1.46. The Morgan fingerprint density at radius 1 is 1.33 bits per heavy atom. The largest absolute Gasteiger partial charge is 0.483 e. The van der Waals surface area contributed by atoms with E-state index in [9.17, 15) is 0 Å². The molecule has 1 aliphatic rings. The molecule has 130 valence electrons. The van der Waals surface area contributed by atoms with Crippen LogP contribution in [0.25, 0.3) is 10.4 Å². The molecule has 0 spiro atoms. The normalized spacial score (nSPS) is 15.0. The molecule has 0 bridgehead atoms. The zero-order valence-corrected chi connectivity index (χ0v) is 16.3. The van der Waals surface area contributed by atoms with Gasteiger partial charge in [-0.05, 0) is 72.9 Å². The fourth-order valence-electron chi connectivity index (χ4n) is 3.22. The molecule has 2 aromatic rings. The zero-order chi connectivity index (χ0) is 17.9. The number of hydrogen-bond acceptors (Lipinski definition) is 4. The van der Waals surface area contributed by atoms with E-state index in [4.69, 9.17) is 14.1 Å². The van der Waals surface area contributed by atoms with E-state index in [-0.39, 0.29) is 6.47 Å². The standard InChI is InChI=1S/C18H22OS2.CH2O2/c1-11-5-6-13(19-20)9-14(11)17-12(2)15-10-18(3,4)8-7-16(15)21-17;2-1-3/h5-6,9,20H,7-8,10H2,1-4H3;1H,(H,2,3). The van der Waals surface area contributed by atoms with Crippen LogP contribution in [0, 0.1) is 19.3 Å². The summed E-state index contributed by atoms with van der Waals surface area (Å²) in [6.45, 7) is 8.96. The minimum atomic E-state index is -0.250. The van der Waals surface area contributed by atoms with Gasteiger partial charge in [0.1, 0.15) is 5.75 Å². The SMILES string of the molecule is Cc1ccc(OS)cc1-c1sc2c(c1C)CC(C)(C)CC2.O=CO. The summed E-state index contributed by atoms with van der Waals surface area (Å²) in [6, 6.07) is 6.19. The number of fused-ring (bicyclic) bond motifs is 1. The molecular formula is C19H24O3S2. The first-order valence-electron chi connectivity index (χ1n) is 7.94. The highest BCUT2D eigenvalue weighted by molar-refractivity contribution is 7.75. The van der Waals surface area contributed by atoms with Crippen molar-refractivity contribution in [3.05, 3.63) is 39.8 Å². The van der Waals surface area contributed by atoms with Crippen molar-refractivity contribution in [1.29, 1.82) is 0 Å². The molecule has 5 heteroatoms. The quantitative estimate of drug-likeness (QED) is 0.422. The summed E-state index contributed by atoms with van der Waals surface area (Å²) in [6.07, 6.45) is 3.71. The van der Waals surface area contributed by atoms with Crippen LogP contribution in [-0.2, 0) is 17.6 Å². The molecule has 0 aliphatic heterocycles. The van der Waals surface area contributed by atoms with Crippen molar-refractivity contribution in [1.82, 2.24) is 0 Å². The van der Waals surface area contributed by atoms with Gasteiger partial charge in [-0.2, -0.15) is 0 Å². The van der Waals surface area contributed by atoms with Crippen molar-refractivity contribution in [3.63, 3.8) is 0 Å². The van der Waals surface area contributed by atoms with Crippen LogP contribution in [0.2, 0.25) is 0 Å². The maximum Gasteiger partial charge on any atom is 0.290 e. The Balaban J connectivity index is 0.000000647. The number of benzene rings is 1. The molecular weight excluding hydrogens is 340 g/mol. The first-order chi connectivity index (χ1) is 11.3. The van der Waals surface area contributed by atoms with Crippen molar-refractivity contribution < 1.29 is 14.1 Å². The molecule has 3 nitrogen and oxygen atoms in total. The molecule has 0 saturated heterocycles. The molecule has 0 atom stereocenters. The van der Waals surface area contributed by atoms with Crippen molar-refractivity contribution in [3.8, 4) is 16.2 Å². The fourth-order valence-corrected chi connectivity index (χ4v) is 4.74. The second-order valence-electron chi connectivity index (χ2n) is 6.97. The summed E-state index contributed by atoms with van der Waals surface area (Å²) >= 11 is 5.90. The molecule has 1 aromatic carbocycles. The van der Waals surface area contributed by atoms with Crippen LogP contribution in [0.5, 0.6) is 5.75 Å². The van der Waals surface area contributed by atoms with Crippen molar-refractivity contribution in [2.75, 3.05) is 0 Å². The van der Waals surface area contributed by atoms with Gasteiger partial charge < -0.3 is 9.29 Å². The van der Waals surface area contributed by atoms with Gasteiger partial charge >= 0.3 is 0 Å². The minimum Gasteiger partial charge on any atom is -0.483 e. The van der Waals surface area contributed by atoms with E-state index in [1.165, 1.54) is 40.8 Å². The second kappa shape index (κ2) is 7.62. The van der Waals surface area contributed by atoms with E-state index in [2.05, 4.69) is 52.7 Å². The maximum absolute atomic E-state index is 8.36. The molecule has 3 rings (SSSR count). The molecule has 0 saturated carbocycles. The average molecular weight is 365 g/mol. The van der Waals surface area contributed by atoms with Crippen molar-refractivity contribution in [2.45, 2.75) is 47.0 Å². The summed E-state index contributed by atoms with van der Waals surface area (Å²) in [5, 5.41) is 6.89. The van der Waals surface area contributed by atoms with E-state index in [0.29, 0.717) is 5.41 Å². The number of rotatable bonds is 2. The lowest BCUT2D eigenvalue weighted by atomic mass is 9.76. The van der Waals surface area contributed by atoms with Gasteiger partial charge in [-0.3, -0.25) is 4.79 Å². The van der Waals surface area contributed by atoms with Crippen LogP contribution >= 0.6 is 24.2 Å². The summed E-state index contributed by atoms with van der Waals surface area (Å²) in [5.74, 6) is 0.810. The van der Waals surface area contributed by atoms with Crippen LogP contribution in [0.1, 0.15) is 41.8 Å². The molecule has 1 N–H and O–H groups in total. The van der Waals surface area contributed by atoms with Crippen LogP contribution in [0.3, 0.4) is 0 Å². The van der Waals surface area contributed by atoms with Gasteiger partial charge in [0, 0.05) is 22.7 Å². The predicted molar refractivity (Wildman–Crippen MR) is 103 cm³/mol. The highest BCUT2D eigenvalue weighted by Gasteiger charge is 2.29. The molecule has 0 unspecified atom stereocenters. The number of thiophene rings is 1. The van der Waals surface area contributed by atoms with Gasteiger partial charge in [0.15, 0.2) is 0 Å². The second-order valence-corrected chi connectivity index (χ2v) is 8.26. The van der Waals surface area contributed by atoms with Crippen LogP contribution < -0.4 is 4.18 Å². The highest BCUT2D eigenvalue weighted by atomic mass is 32.1. The molecule has 1 heterocycles. The highest BCUT2D eigenvalue weighted by Crippen LogP contribution is 2.45. The first kappa shape index (κ1) is 18.9. The van der Waals surface area contributed by atoms with Gasteiger partial charge in [-0.1, -0.05) is 19.9 Å². The monoisotopic (exact) mass is 364 g/mol. The number of thiol groups is 1. The molecule has 1 aliphatic carbocycles. The van der Waals surface area contributed by atoms with Gasteiger partial charge in [0.05, 0.1) is 0 Å². The lowest BCUT2D eigenvalue weighted by Crippen LogP contribution is -2.21. The van der Waals surface area contributed by atoms with E-state index in [1.54, 1.807) is 10.4 Å². The summed E-state index contributed by atoms with van der Waals surface area (Å²) < 4.78 is 5.11. The lowest BCUT2D eigenvalue weighted by molar-refractivity contribution is -0.122. The van der Waals surface area contributed by atoms with Gasteiger partial charge in [-0.25, -0.2) is 0 Å². The molecule has 24 heavy (non-hydrogen) atoms. The Bertz CT molecular complexity index is 732. The molecule has 0 radical (unpaired) electrons. The Morgan fingerprint density at radius 3 is 2.62 bits per heavy atom. The van der Waals surface area contributed by atoms with Crippen LogP contribution in [0.4, 0.5) is 0 Å². The van der Waals surface area contributed by atoms with Crippen molar-refractivity contribution >= 4 is 30.7 Å². The van der Waals surface area contributed by atoms with E-state index in [0.717, 1.165) is 5.75 Å². The minimum absolute atomic E-state index is 0.250. The van der Waals surface area contributed by atoms with Crippen LogP contribution in [-0.4, -0.2) is 11.6 Å². The third kappa shape index (κ3) is 3.95. The maximum atomic E-state index is 8.36. The van der Waals surface area contributed by atoms with E-state index in [1.807, 2.05) is 17.4 Å². The first-order valence-corrected chi connectivity index (χ1v) is 9.12. The number of aryl methyl sites for hydroxylation is 2. The molecule has 1 aromatic heterocycles. The Kier molecular flexibility index (Phi) is 5.99. The van der Waals surface area contributed by atoms with Gasteiger partial charge in [0.25, 0.3) is 6.47 Å². The van der Waals surface area contributed by atoms with Crippen molar-refractivity contribution in [2.24, 2.45) is 5.41 Å². The summed E-state index contributed by atoms with van der Waals surface area (Å²) in [5.41, 5.74) is 6.06. The molecule has 0 amide bonds. The van der Waals surface area contributed by atoms with Gasteiger partial charge in [0.2, 0.25) is 0 Å². The fraction of sp³-hybridized carbons (Fsp3) is 0.421. The average Bonchev–Trinajstić information content (AvgIpc) is 2.84. The Morgan fingerprint density at radius 2 is 2.00 bits per heavy atom. The zero-order valence-electron chi connectivity index (χ0n) is 14.5. The summed E-state index contributed by atoms with van der Waals surface area (Å²) in [7, 11) is 0.